The van der Waals surface area contributed by atoms with Gasteiger partial charge in [0.05, 0.1) is 21.8 Å². The Bertz CT molecular complexity index is 1080. The highest BCUT2D eigenvalue weighted by atomic mass is 32.1. The standard InChI is InChI=1S/C23H24N2OS/c1-16-25-20-12-6-13-21(22(20)27-16)26-15-7-14-23(2,24)19-11-5-9-17-8-3-4-10-18(17)19/h3-6,8-13H,7,14-15,24H2,1-2H3. The zero-order valence-electron chi connectivity index (χ0n) is 15.7. The molecule has 1 unspecified atom stereocenters. The number of hydrogen-bond donors (Lipinski definition) is 1. The molecular weight excluding hydrogens is 352 g/mol. The number of fused-ring (bicyclic) bond motifs is 2. The molecule has 0 spiro atoms. The van der Waals surface area contributed by atoms with Gasteiger partial charge in [0.15, 0.2) is 0 Å². The fourth-order valence-electron chi connectivity index (χ4n) is 3.63. The van der Waals surface area contributed by atoms with Gasteiger partial charge in [-0.2, -0.15) is 0 Å². The predicted octanol–water partition coefficient (Wildman–Crippen LogP) is 5.79. The largest absolute Gasteiger partial charge is 0.492 e. The first-order valence-corrected chi connectivity index (χ1v) is 10.1. The van der Waals surface area contributed by atoms with Crippen LogP contribution in [0.4, 0.5) is 0 Å². The topological polar surface area (TPSA) is 48.1 Å². The van der Waals surface area contributed by atoms with Crippen LogP contribution in [0.15, 0.2) is 60.7 Å². The Labute approximate surface area is 163 Å². The van der Waals surface area contributed by atoms with Crippen LogP contribution in [0.3, 0.4) is 0 Å². The Morgan fingerprint density at radius 3 is 2.70 bits per heavy atom. The Balaban J connectivity index is 1.45. The van der Waals surface area contributed by atoms with Crippen molar-refractivity contribution in [3.05, 3.63) is 71.2 Å². The molecule has 4 aromatic rings. The highest BCUT2D eigenvalue weighted by molar-refractivity contribution is 7.18. The second-order valence-corrected chi connectivity index (χ2v) is 8.44. The monoisotopic (exact) mass is 376 g/mol. The molecule has 1 atom stereocenters. The summed E-state index contributed by atoms with van der Waals surface area (Å²) in [6.45, 7) is 4.79. The van der Waals surface area contributed by atoms with Crippen molar-refractivity contribution in [2.75, 3.05) is 6.61 Å². The van der Waals surface area contributed by atoms with E-state index in [0.29, 0.717) is 6.61 Å². The van der Waals surface area contributed by atoms with Gasteiger partial charge in [-0.1, -0.05) is 48.5 Å². The van der Waals surface area contributed by atoms with Crippen LogP contribution in [-0.4, -0.2) is 11.6 Å². The fourth-order valence-corrected chi connectivity index (χ4v) is 4.51. The van der Waals surface area contributed by atoms with Crippen molar-refractivity contribution in [1.29, 1.82) is 0 Å². The molecule has 0 amide bonds. The molecule has 1 heterocycles. The summed E-state index contributed by atoms with van der Waals surface area (Å²) in [5.41, 5.74) is 8.53. The van der Waals surface area contributed by atoms with Gasteiger partial charge in [0.1, 0.15) is 5.75 Å². The number of aromatic nitrogens is 1. The Morgan fingerprint density at radius 2 is 1.81 bits per heavy atom. The molecule has 0 aliphatic heterocycles. The molecule has 0 aliphatic rings. The van der Waals surface area contributed by atoms with Gasteiger partial charge in [0.25, 0.3) is 0 Å². The van der Waals surface area contributed by atoms with Crippen molar-refractivity contribution < 1.29 is 4.74 Å². The van der Waals surface area contributed by atoms with Gasteiger partial charge in [0, 0.05) is 5.54 Å². The van der Waals surface area contributed by atoms with E-state index >= 15 is 0 Å². The maximum absolute atomic E-state index is 6.71. The lowest BCUT2D eigenvalue weighted by atomic mass is 9.85. The van der Waals surface area contributed by atoms with Gasteiger partial charge >= 0.3 is 0 Å². The molecule has 0 bridgehead atoms. The number of ether oxygens (including phenoxy) is 1. The van der Waals surface area contributed by atoms with Crippen LogP contribution < -0.4 is 10.5 Å². The molecule has 3 nitrogen and oxygen atoms in total. The lowest BCUT2D eigenvalue weighted by molar-refractivity contribution is 0.289. The number of benzene rings is 3. The summed E-state index contributed by atoms with van der Waals surface area (Å²) >= 11 is 1.68. The van der Waals surface area contributed by atoms with E-state index in [-0.39, 0.29) is 0 Å². The third-order valence-electron chi connectivity index (χ3n) is 4.99. The highest BCUT2D eigenvalue weighted by Crippen LogP contribution is 2.32. The Hall–Kier alpha value is -2.43. The van der Waals surface area contributed by atoms with Crippen LogP contribution >= 0.6 is 11.3 Å². The SMILES string of the molecule is Cc1nc2cccc(OCCCC(C)(N)c3cccc4ccccc34)c2s1. The smallest absolute Gasteiger partial charge is 0.138 e. The number of hydrogen-bond acceptors (Lipinski definition) is 4. The van der Waals surface area contributed by atoms with Crippen molar-refractivity contribution in [2.24, 2.45) is 5.73 Å². The molecule has 138 valence electrons. The van der Waals surface area contributed by atoms with Gasteiger partial charge in [-0.15, -0.1) is 11.3 Å². The third kappa shape index (κ3) is 3.68. The summed E-state index contributed by atoms with van der Waals surface area (Å²) < 4.78 is 7.19. The van der Waals surface area contributed by atoms with Crippen molar-refractivity contribution in [1.82, 2.24) is 4.98 Å². The molecule has 0 saturated heterocycles. The Morgan fingerprint density at radius 1 is 1.04 bits per heavy atom. The quantitative estimate of drug-likeness (QED) is 0.433. The lowest BCUT2D eigenvalue weighted by Crippen LogP contribution is -2.33. The van der Waals surface area contributed by atoms with Crippen molar-refractivity contribution in [3.63, 3.8) is 0 Å². The third-order valence-corrected chi connectivity index (χ3v) is 5.99. The molecule has 4 rings (SSSR count). The van der Waals surface area contributed by atoms with Crippen LogP contribution in [-0.2, 0) is 5.54 Å². The molecular formula is C23H24N2OS. The number of nitrogens with zero attached hydrogens (tertiary/aromatic N) is 1. The van der Waals surface area contributed by atoms with Crippen LogP contribution in [0.25, 0.3) is 21.0 Å². The van der Waals surface area contributed by atoms with Crippen LogP contribution in [0, 0.1) is 6.92 Å². The summed E-state index contributed by atoms with van der Waals surface area (Å²) in [6, 6.07) is 20.8. The first-order chi connectivity index (χ1) is 13.0. The van der Waals surface area contributed by atoms with E-state index in [1.165, 1.54) is 16.3 Å². The van der Waals surface area contributed by atoms with Gasteiger partial charge in [-0.25, -0.2) is 4.98 Å². The number of thiazole rings is 1. The summed E-state index contributed by atoms with van der Waals surface area (Å²) in [7, 11) is 0. The van der Waals surface area contributed by atoms with Gasteiger partial charge in [-0.3, -0.25) is 0 Å². The van der Waals surface area contributed by atoms with Crippen LogP contribution in [0.5, 0.6) is 5.75 Å². The van der Waals surface area contributed by atoms with E-state index in [4.69, 9.17) is 10.5 Å². The molecule has 4 heteroatoms. The number of aryl methyl sites for hydroxylation is 1. The van der Waals surface area contributed by atoms with Crippen LogP contribution in [0.2, 0.25) is 0 Å². The number of nitrogens with two attached hydrogens (primary N) is 1. The first kappa shape index (κ1) is 18.0. The van der Waals surface area contributed by atoms with Gasteiger partial charge < -0.3 is 10.5 Å². The first-order valence-electron chi connectivity index (χ1n) is 9.31. The minimum absolute atomic E-state index is 0.392. The summed E-state index contributed by atoms with van der Waals surface area (Å²) in [4.78, 5) is 4.53. The van der Waals surface area contributed by atoms with E-state index in [9.17, 15) is 0 Å². The summed E-state index contributed by atoms with van der Waals surface area (Å²) in [5.74, 6) is 0.919. The summed E-state index contributed by atoms with van der Waals surface area (Å²) in [5, 5.41) is 3.53. The Kier molecular flexibility index (Phi) is 4.85. The van der Waals surface area contributed by atoms with E-state index in [1.807, 2.05) is 25.1 Å². The molecule has 3 aromatic carbocycles. The zero-order valence-corrected chi connectivity index (χ0v) is 16.6. The molecule has 0 fully saturated rings. The fraction of sp³-hybridized carbons (Fsp3) is 0.261. The molecule has 27 heavy (non-hydrogen) atoms. The maximum Gasteiger partial charge on any atom is 0.138 e. The van der Waals surface area contributed by atoms with Crippen molar-refractivity contribution >= 4 is 32.3 Å². The number of rotatable bonds is 6. The maximum atomic E-state index is 6.71. The zero-order chi connectivity index (χ0) is 18.9. The lowest BCUT2D eigenvalue weighted by Gasteiger charge is -2.27. The average molecular weight is 377 g/mol. The minimum atomic E-state index is -0.392. The van der Waals surface area contributed by atoms with Gasteiger partial charge in [0.2, 0.25) is 0 Å². The minimum Gasteiger partial charge on any atom is -0.492 e. The average Bonchev–Trinajstić information content (AvgIpc) is 3.05. The highest BCUT2D eigenvalue weighted by Gasteiger charge is 2.23. The van der Waals surface area contributed by atoms with Crippen molar-refractivity contribution in [3.8, 4) is 5.75 Å². The molecule has 0 aliphatic carbocycles. The van der Waals surface area contributed by atoms with Crippen molar-refractivity contribution in [2.45, 2.75) is 32.2 Å². The molecule has 1 aromatic heterocycles. The second kappa shape index (κ2) is 7.29. The molecule has 2 N–H and O–H groups in total. The van der Waals surface area contributed by atoms with E-state index < -0.39 is 5.54 Å². The van der Waals surface area contributed by atoms with E-state index in [2.05, 4.69) is 54.4 Å². The second-order valence-electron chi connectivity index (χ2n) is 7.23. The van der Waals surface area contributed by atoms with Crippen LogP contribution in [0.1, 0.15) is 30.3 Å². The normalized spacial score (nSPS) is 13.7. The summed E-state index contributed by atoms with van der Waals surface area (Å²) in [6.07, 6.45) is 1.75. The van der Waals surface area contributed by atoms with E-state index in [0.717, 1.165) is 33.8 Å². The van der Waals surface area contributed by atoms with Gasteiger partial charge in [-0.05, 0) is 55.2 Å². The van der Waals surface area contributed by atoms with E-state index in [1.54, 1.807) is 11.3 Å². The molecule has 0 radical (unpaired) electrons. The predicted molar refractivity (Wildman–Crippen MR) is 115 cm³/mol. The molecule has 0 saturated carbocycles.